The predicted molar refractivity (Wildman–Crippen MR) is 77.1 cm³/mol. The highest BCUT2D eigenvalue weighted by Crippen LogP contribution is 2.29. The van der Waals surface area contributed by atoms with E-state index in [9.17, 15) is 9.59 Å². The van der Waals surface area contributed by atoms with Crippen LogP contribution in [-0.2, 0) is 15.0 Å². The Balaban J connectivity index is 2.83. The lowest BCUT2D eigenvalue weighted by atomic mass is 9.86. The van der Waals surface area contributed by atoms with Crippen molar-refractivity contribution in [2.45, 2.75) is 39.0 Å². The summed E-state index contributed by atoms with van der Waals surface area (Å²) in [5.41, 5.74) is 6.94. The van der Waals surface area contributed by atoms with E-state index in [1.165, 1.54) is 0 Å². The number of para-hydroxylation sites is 1. The average Bonchev–Trinajstić information content (AvgIpc) is 2.35. The van der Waals surface area contributed by atoms with Crippen LogP contribution in [0.4, 0.5) is 5.69 Å². The number of carbonyl (C=O) groups is 2. The zero-order valence-corrected chi connectivity index (χ0v) is 11.8. The fourth-order valence-corrected chi connectivity index (χ4v) is 1.81. The Morgan fingerprint density at radius 1 is 1.21 bits per heavy atom. The van der Waals surface area contributed by atoms with Gasteiger partial charge in [-0.1, -0.05) is 39.0 Å². The molecule has 1 rings (SSSR count). The van der Waals surface area contributed by atoms with Gasteiger partial charge in [0.15, 0.2) is 0 Å². The number of anilines is 1. The third-order valence-corrected chi connectivity index (χ3v) is 2.84. The molecule has 0 spiro atoms. The molecule has 3 N–H and O–H groups in total. The minimum atomic E-state index is -0.565. The van der Waals surface area contributed by atoms with Crippen LogP contribution >= 0.6 is 0 Å². The van der Waals surface area contributed by atoms with Crippen LogP contribution in [0.1, 0.15) is 39.2 Å². The highest BCUT2D eigenvalue weighted by molar-refractivity contribution is 6.40. The minimum Gasteiger partial charge on any atom is -0.330 e. The topological polar surface area (TPSA) is 72.2 Å². The van der Waals surface area contributed by atoms with Gasteiger partial charge < -0.3 is 11.1 Å². The number of nitrogens with one attached hydrogen (secondary N) is 1. The van der Waals surface area contributed by atoms with Crippen LogP contribution in [0.15, 0.2) is 24.3 Å². The number of nitrogens with two attached hydrogens (primary N) is 1. The molecule has 0 radical (unpaired) electrons. The van der Waals surface area contributed by atoms with Gasteiger partial charge in [-0.15, -0.1) is 0 Å². The molecule has 0 fully saturated rings. The molecule has 0 aliphatic carbocycles. The van der Waals surface area contributed by atoms with Gasteiger partial charge in [-0.05, 0) is 30.0 Å². The SMILES string of the molecule is CC(C)(C)c1ccccc1NC(=O)C(=O)CCCN. The molecule has 4 heteroatoms. The van der Waals surface area contributed by atoms with Crippen LogP contribution in [0.5, 0.6) is 0 Å². The van der Waals surface area contributed by atoms with E-state index in [0.29, 0.717) is 18.7 Å². The molecule has 1 amide bonds. The Morgan fingerprint density at radius 2 is 1.84 bits per heavy atom. The summed E-state index contributed by atoms with van der Waals surface area (Å²) in [4.78, 5) is 23.4. The molecule has 0 aromatic heterocycles. The quantitative estimate of drug-likeness (QED) is 0.799. The second-order valence-electron chi connectivity index (χ2n) is 5.57. The summed E-state index contributed by atoms with van der Waals surface area (Å²) in [6, 6.07) is 7.54. The number of carbonyl (C=O) groups excluding carboxylic acids is 2. The molecule has 0 heterocycles. The first-order valence-electron chi connectivity index (χ1n) is 6.50. The van der Waals surface area contributed by atoms with E-state index in [4.69, 9.17) is 5.73 Å². The molecule has 0 bridgehead atoms. The minimum absolute atomic E-state index is 0.0931. The lowest BCUT2D eigenvalue weighted by molar-refractivity contribution is -0.134. The smallest absolute Gasteiger partial charge is 0.291 e. The number of hydrogen-bond donors (Lipinski definition) is 2. The molecule has 0 saturated heterocycles. The van der Waals surface area contributed by atoms with Crippen molar-refractivity contribution in [3.8, 4) is 0 Å². The molecule has 0 unspecified atom stereocenters. The van der Waals surface area contributed by atoms with Gasteiger partial charge in [-0.25, -0.2) is 0 Å². The molecular formula is C15H22N2O2. The number of hydrogen-bond acceptors (Lipinski definition) is 3. The van der Waals surface area contributed by atoms with Crippen molar-refractivity contribution in [2.75, 3.05) is 11.9 Å². The Bertz CT molecular complexity index is 461. The average molecular weight is 262 g/mol. The summed E-state index contributed by atoms with van der Waals surface area (Å²) in [6.45, 7) is 6.61. The van der Waals surface area contributed by atoms with E-state index in [-0.39, 0.29) is 11.8 Å². The van der Waals surface area contributed by atoms with Crippen molar-refractivity contribution in [3.63, 3.8) is 0 Å². The van der Waals surface area contributed by atoms with Crippen molar-refractivity contribution in [3.05, 3.63) is 29.8 Å². The van der Waals surface area contributed by atoms with Gasteiger partial charge >= 0.3 is 0 Å². The summed E-state index contributed by atoms with van der Waals surface area (Å²) in [7, 11) is 0. The summed E-state index contributed by atoms with van der Waals surface area (Å²) >= 11 is 0. The van der Waals surface area contributed by atoms with Crippen LogP contribution in [0, 0.1) is 0 Å². The van der Waals surface area contributed by atoms with E-state index in [2.05, 4.69) is 26.1 Å². The molecule has 1 aromatic carbocycles. The molecule has 0 aliphatic rings. The first-order chi connectivity index (χ1) is 8.86. The highest BCUT2D eigenvalue weighted by Gasteiger charge is 2.20. The summed E-state index contributed by atoms with van der Waals surface area (Å²) in [6.07, 6.45) is 0.729. The monoisotopic (exact) mass is 262 g/mol. The predicted octanol–water partition coefficient (Wildman–Crippen LogP) is 2.23. The number of Topliss-reactive ketones (excluding diaryl/α,β-unsaturated/α-hetero) is 1. The zero-order chi connectivity index (χ0) is 14.5. The van der Waals surface area contributed by atoms with Gasteiger partial charge in [0, 0.05) is 12.1 Å². The van der Waals surface area contributed by atoms with Crippen molar-refractivity contribution < 1.29 is 9.59 Å². The molecule has 104 valence electrons. The Morgan fingerprint density at radius 3 is 2.42 bits per heavy atom. The fraction of sp³-hybridized carbons (Fsp3) is 0.467. The molecule has 4 nitrogen and oxygen atoms in total. The van der Waals surface area contributed by atoms with Crippen LogP contribution in [-0.4, -0.2) is 18.2 Å². The normalized spacial score (nSPS) is 11.2. The zero-order valence-electron chi connectivity index (χ0n) is 11.8. The van der Waals surface area contributed by atoms with Crippen molar-refractivity contribution in [1.82, 2.24) is 0 Å². The fourth-order valence-electron chi connectivity index (χ4n) is 1.81. The Hall–Kier alpha value is -1.68. The van der Waals surface area contributed by atoms with E-state index in [0.717, 1.165) is 5.56 Å². The third kappa shape index (κ3) is 4.48. The number of ketones is 1. The lowest BCUT2D eigenvalue weighted by Crippen LogP contribution is -2.25. The highest BCUT2D eigenvalue weighted by atomic mass is 16.2. The van der Waals surface area contributed by atoms with Gasteiger partial charge in [0.25, 0.3) is 5.91 Å². The van der Waals surface area contributed by atoms with Crippen molar-refractivity contribution in [2.24, 2.45) is 5.73 Å². The van der Waals surface area contributed by atoms with Crippen molar-refractivity contribution >= 4 is 17.4 Å². The Labute approximate surface area is 114 Å². The van der Waals surface area contributed by atoms with Crippen LogP contribution in [0.3, 0.4) is 0 Å². The number of benzene rings is 1. The molecule has 0 aliphatic heterocycles. The lowest BCUT2D eigenvalue weighted by Gasteiger charge is -2.22. The first kappa shape index (κ1) is 15.4. The second-order valence-corrected chi connectivity index (χ2v) is 5.57. The molecule has 0 saturated carbocycles. The molecule has 1 aromatic rings. The van der Waals surface area contributed by atoms with Gasteiger partial charge in [0.1, 0.15) is 0 Å². The number of amides is 1. The molecular weight excluding hydrogens is 240 g/mol. The van der Waals surface area contributed by atoms with E-state index in [1.54, 1.807) is 0 Å². The number of rotatable bonds is 5. The summed E-state index contributed by atoms with van der Waals surface area (Å²) < 4.78 is 0. The summed E-state index contributed by atoms with van der Waals surface area (Å²) in [5.74, 6) is -0.987. The summed E-state index contributed by atoms with van der Waals surface area (Å²) in [5, 5.41) is 2.70. The first-order valence-corrected chi connectivity index (χ1v) is 6.50. The Kier molecular flexibility index (Phi) is 5.24. The van der Waals surface area contributed by atoms with Crippen LogP contribution in [0.25, 0.3) is 0 Å². The third-order valence-electron chi connectivity index (χ3n) is 2.84. The van der Waals surface area contributed by atoms with E-state index < -0.39 is 11.7 Å². The van der Waals surface area contributed by atoms with Crippen LogP contribution < -0.4 is 11.1 Å². The standard InChI is InChI=1S/C15H22N2O2/c1-15(2,3)11-7-4-5-8-12(11)17-14(19)13(18)9-6-10-16/h4-5,7-8H,6,9-10,16H2,1-3H3,(H,17,19). The van der Waals surface area contributed by atoms with E-state index in [1.807, 2.05) is 24.3 Å². The molecule has 0 atom stereocenters. The van der Waals surface area contributed by atoms with Crippen LogP contribution in [0.2, 0.25) is 0 Å². The maximum absolute atomic E-state index is 11.8. The maximum atomic E-state index is 11.8. The maximum Gasteiger partial charge on any atom is 0.291 e. The second kappa shape index (κ2) is 6.48. The van der Waals surface area contributed by atoms with E-state index >= 15 is 0 Å². The largest absolute Gasteiger partial charge is 0.330 e. The van der Waals surface area contributed by atoms with Gasteiger partial charge in [0.2, 0.25) is 5.78 Å². The van der Waals surface area contributed by atoms with Crippen molar-refractivity contribution in [1.29, 1.82) is 0 Å². The molecule has 19 heavy (non-hydrogen) atoms. The van der Waals surface area contributed by atoms with Gasteiger partial charge in [-0.2, -0.15) is 0 Å². The van der Waals surface area contributed by atoms with Gasteiger partial charge in [0.05, 0.1) is 0 Å². The van der Waals surface area contributed by atoms with Gasteiger partial charge in [-0.3, -0.25) is 9.59 Å².